The Morgan fingerprint density at radius 2 is 1.87 bits per heavy atom. The second-order valence-corrected chi connectivity index (χ2v) is 5.03. The molecule has 6 nitrogen and oxygen atoms in total. The first kappa shape index (κ1) is 21.5. The Kier molecular flexibility index (Phi) is 11.2. The average molecular weight is 434 g/mol. The zero-order chi connectivity index (χ0) is 16.4. The number of amides is 1. The lowest BCUT2D eigenvalue weighted by Gasteiger charge is -2.14. The number of halogens is 1. The van der Waals surface area contributed by atoms with Crippen LogP contribution in [0.15, 0.2) is 29.3 Å². The Hall–Kier alpha value is -1.51. The van der Waals surface area contributed by atoms with E-state index in [1.54, 1.807) is 33.2 Å². The molecule has 1 aromatic rings. The molecule has 0 fully saturated rings. The van der Waals surface area contributed by atoms with Crippen LogP contribution in [0.3, 0.4) is 0 Å². The molecule has 0 spiro atoms. The van der Waals surface area contributed by atoms with Gasteiger partial charge >= 0.3 is 0 Å². The standard InChI is InChI=1S/C16H26N4O2.HI/c1-17-16(19-12-10-15(21)20(2)3)18-11-9-13-7-5-6-8-14(13)22-4;/h5-8H,9-12H2,1-4H3,(H2,17,18,19);1H. The molecular weight excluding hydrogens is 407 g/mol. The molecule has 23 heavy (non-hydrogen) atoms. The van der Waals surface area contributed by atoms with E-state index in [1.807, 2.05) is 24.3 Å². The lowest BCUT2D eigenvalue weighted by atomic mass is 10.1. The van der Waals surface area contributed by atoms with Gasteiger partial charge in [-0.15, -0.1) is 24.0 Å². The number of nitrogens with one attached hydrogen (secondary N) is 2. The molecule has 7 heteroatoms. The van der Waals surface area contributed by atoms with Crippen molar-refractivity contribution in [3.05, 3.63) is 29.8 Å². The monoisotopic (exact) mass is 434 g/mol. The topological polar surface area (TPSA) is 66.0 Å². The van der Waals surface area contributed by atoms with Crippen LogP contribution in [0.25, 0.3) is 0 Å². The van der Waals surface area contributed by atoms with Gasteiger partial charge in [-0.3, -0.25) is 9.79 Å². The van der Waals surface area contributed by atoms with Crippen LogP contribution in [0, 0.1) is 0 Å². The van der Waals surface area contributed by atoms with Gasteiger partial charge in [0.1, 0.15) is 5.75 Å². The van der Waals surface area contributed by atoms with Gasteiger partial charge in [0.2, 0.25) is 5.91 Å². The number of carbonyl (C=O) groups excluding carboxylic acids is 1. The molecular formula is C16H27IN4O2. The minimum absolute atomic E-state index is 0. The Morgan fingerprint density at radius 1 is 1.22 bits per heavy atom. The van der Waals surface area contributed by atoms with E-state index in [1.165, 1.54) is 0 Å². The van der Waals surface area contributed by atoms with Crippen LogP contribution >= 0.6 is 24.0 Å². The van der Waals surface area contributed by atoms with E-state index < -0.39 is 0 Å². The maximum absolute atomic E-state index is 11.5. The van der Waals surface area contributed by atoms with E-state index in [0.717, 1.165) is 24.3 Å². The van der Waals surface area contributed by atoms with Gasteiger partial charge in [0.15, 0.2) is 5.96 Å². The highest BCUT2D eigenvalue weighted by Crippen LogP contribution is 2.17. The number of guanidine groups is 1. The molecule has 0 aliphatic heterocycles. The number of nitrogens with zero attached hydrogens (tertiary/aromatic N) is 2. The van der Waals surface area contributed by atoms with Crippen LogP contribution in [-0.2, 0) is 11.2 Å². The second-order valence-electron chi connectivity index (χ2n) is 5.03. The summed E-state index contributed by atoms with van der Waals surface area (Å²) in [6.45, 7) is 1.30. The van der Waals surface area contributed by atoms with E-state index in [-0.39, 0.29) is 29.9 Å². The van der Waals surface area contributed by atoms with Gasteiger partial charge in [0.25, 0.3) is 0 Å². The lowest BCUT2D eigenvalue weighted by Crippen LogP contribution is -2.40. The predicted molar refractivity (Wildman–Crippen MR) is 105 cm³/mol. The number of para-hydroxylation sites is 1. The Morgan fingerprint density at radius 3 is 2.48 bits per heavy atom. The van der Waals surface area contributed by atoms with Crippen molar-refractivity contribution in [1.82, 2.24) is 15.5 Å². The van der Waals surface area contributed by atoms with Crippen LogP contribution in [-0.4, -0.2) is 58.1 Å². The molecule has 0 radical (unpaired) electrons. The highest BCUT2D eigenvalue weighted by molar-refractivity contribution is 14.0. The quantitative estimate of drug-likeness (QED) is 0.388. The summed E-state index contributed by atoms with van der Waals surface area (Å²) in [5.41, 5.74) is 1.15. The van der Waals surface area contributed by atoms with Crippen LogP contribution in [0.4, 0.5) is 0 Å². The third-order valence-electron chi connectivity index (χ3n) is 3.23. The molecule has 0 aromatic heterocycles. The zero-order valence-corrected chi connectivity index (χ0v) is 16.6. The SMILES string of the molecule is CN=C(NCCC(=O)N(C)C)NCCc1ccccc1OC.I. The number of hydrogen-bond donors (Lipinski definition) is 2. The Bertz CT molecular complexity index is 507. The van der Waals surface area contributed by atoms with Gasteiger partial charge in [-0.25, -0.2) is 0 Å². The fraction of sp³-hybridized carbons (Fsp3) is 0.500. The van der Waals surface area contributed by atoms with Crippen molar-refractivity contribution in [2.45, 2.75) is 12.8 Å². The lowest BCUT2D eigenvalue weighted by molar-refractivity contribution is -0.128. The minimum atomic E-state index is 0. The summed E-state index contributed by atoms with van der Waals surface area (Å²) in [4.78, 5) is 17.2. The summed E-state index contributed by atoms with van der Waals surface area (Å²) >= 11 is 0. The summed E-state index contributed by atoms with van der Waals surface area (Å²) < 4.78 is 5.33. The molecule has 1 rings (SSSR count). The van der Waals surface area contributed by atoms with Crippen LogP contribution in [0.2, 0.25) is 0 Å². The van der Waals surface area contributed by atoms with E-state index in [4.69, 9.17) is 4.74 Å². The number of ether oxygens (including phenoxy) is 1. The van der Waals surface area contributed by atoms with E-state index in [2.05, 4.69) is 15.6 Å². The first-order valence-corrected chi connectivity index (χ1v) is 7.35. The highest BCUT2D eigenvalue weighted by Gasteiger charge is 2.05. The number of aliphatic imine (C=N–C) groups is 1. The molecule has 2 N–H and O–H groups in total. The van der Waals surface area contributed by atoms with Gasteiger partial charge in [0, 0.05) is 40.7 Å². The smallest absolute Gasteiger partial charge is 0.223 e. The zero-order valence-electron chi connectivity index (χ0n) is 14.3. The van der Waals surface area contributed by atoms with Gasteiger partial charge in [-0.05, 0) is 18.1 Å². The Labute approximate surface area is 155 Å². The molecule has 0 atom stereocenters. The van der Waals surface area contributed by atoms with Crippen molar-refractivity contribution >= 4 is 35.8 Å². The summed E-state index contributed by atoms with van der Waals surface area (Å²) in [5.74, 6) is 1.68. The van der Waals surface area contributed by atoms with Crippen molar-refractivity contribution in [2.24, 2.45) is 4.99 Å². The van der Waals surface area contributed by atoms with Crippen LogP contribution in [0.5, 0.6) is 5.75 Å². The van der Waals surface area contributed by atoms with E-state index in [0.29, 0.717) is 18.9 Å². The molecule has 0 unspecified atom stereocenters. The molecule has 0 heterocycles. The second kappa shape index (κ2) is 12.0. The van der Waals surface area contributed by atoms with Crippen molar-refractivity contribution in [2.75, 3.05) is 41.3 Å². The maximum Gasteiger partial charge on any atom is 0.223 e. The van der Waals surface area contributed by atoms with Gasteiger partial charge < -0.3 is 20.3 Å². The molecule has 1 amide bonds. The maximum atomic E-state index is 11.5. The third-order valence-corrected chi connectivity index (χ3v) is 3.23. The Balaban J connectivity index is 0.00000484. The minimum Gasteiger partial charge on any atom is -0.496 e. The van der Waals surface area contributed by atoms with Crippen molar-refractivity contribution in [3.8, 4) is 5.75 Å². The van der Waals surface area contributed by atoms with Gasteiger partial charge in [-0.2, -0.15) is 0 Å². The van der Waals surface area contributed by atoms with E-state index >= 15 is 0 Å². The van der Waals surface area contributed by atoms with Crippen molar-refractivity contribution in [1.29, 1.82) is 0 Å². The number of hydrogen-bond acceptors (Lipinski definition) is 3. The molecule has 130 valence electrons. The largest absolute Gasteiger partial charge is 0.496 e. The summed E-state index contributed by atoms with van der Waals surface area (Å²) in [7, 11) is 6.89. The third kappa shape index (κ3) is 8.06. The van der Waals surface area contributed by atoms with Crippen LogP contribution in [0.1, 0.15) is 12.0 Å². The molecule has 0 saturated heterocycles. The summed E-state index contributed by atoms with van der Waals surface area (Å²) in [6, 6.07) is 7.96. The molecule has 1 aromatic carbocycles. The predicted octanol–water partition coefficient (Wildman–Crippen LogP) is 1.50. The first-order valence-electron chi connectivity index (χ1n) is 7.35. The number of methoxy groups -OCH3 is 1. The first-order chi connectivity index (χ1) is 10.6. The van der Waals surface area contributed by atoms with E-state index in [9.17, 15) is 4.79 Å². The number of rotatable bonds is 7. The molecule has 0 bridgehead atoms. The molecule has 0 aliphatic rings. The van der Waals surface area contributed by atoms with Gasteiger partial charge in [-0.1, -0.05) is 18.2 Å². The normalized spacial score (nSPS) is 10.5. The average Bonchev–Trinajstić information content (AvgIpc) is 2.53. The fourth-order valence-corrected chi connectivity index (χ4v) is 1.96. The summed E-state index contributed by atoms with van der Waals surface area (Å²) in [5, 5.41) is 6.36. The highest BCUT2D eigenvalue weighted by atomic mass is 127. The molecule has 0 aliphatic carbocycles. The van der Waals surface area contributed by atoms with Crippen molar-refractivity contribution in [3.63, 3.8) is 0 Å². The number of carbonyl (C=O) groups is 1. The summed E-state index contributed by atoms with van der Waals surface area (Å²) in [6.07, 6.45) is 1.28. The fourth-order valence-electron chi connectivity index (χ4n) is 1.96. The van der Waals surface area contributed by atoms with Gasteiger partial charge in [0.05, 0.1) is 7.11 Å². The molecule has 0 saturated carbocycles. The number of benzene rings is 1. The van der Waals surface area contributed by atoms with Crippen LogP contribution < -0.4 is 15.4 Å². The van der Waals surface area contributed by atoms with Crippen molar-refractivity contribution < 1.29 is 9.53 Å².